The largest absolute Gasteiger partial charge is 0.383 e. The zero-order chi connectivity index (χ0) is 13.9. The molecule has 0 amide bonds. The first-order valence-corrected chi connectivity index (χ1v) is 10.0. The van der Waals surface area contributed by atoms with Crippen molar-refractivity contribution in [2.24, 2.45) is 5.73 Å². The number of benzene rings is 1. The maximum atomic E-state index is 10.2. The topological polar surface area (TPSA) is 66.5 Å². The summed E-state index contributed by atoms with van der Waals surface area (Å²) in [7, 11) is 0. The minimum Gasteiger partial charge on any atom is -0.383 e. The first-order chi connectivity index (χ1) is 8.27. The van der Waals surface area contributed by atoms with E-state index in [1.807, 2.05) is 25.1 Å². The molecule has 2 atom stereocenters. The zero-order valence-corrected chi connectivity index (χ0v) is 13.4. The summed E-state index contributed by atoms with van der Waals surface area (Å²) in [5.41, 5.74) is 4.71. The van der Waals surface area contributed by atoms with E-state index in [-0.39, 0.29) is 6.54 Å². The van der Waals surface area contributed by atoms with Crippen LogP contribution in [0.2, 0.25) is 0 Å². The molecular weight excluding hydrogens is 285 g/mol. The molecule has 18 heavy (non-hydrogen) atoms. The van der Waals surface area contributed by atoms with E-state index in [2.05, 4.69) is 13.8 Å². The molecule has 3 nitrogen and oxygen atoms in total. The van der Waals surface area contributed by atoms with E-state index in [0.717, 1.165) is 16.0 Å². The second-order valence-corrected chi connectivity index (χ2v) is 11.5. The lowest BCUT2D eigenvalue weighted by atomic mass is 10.0. The quantitative estimate of drug-likeness (QED) is 0.730. The van der Waals surface area contributed by atoms with Crippen LogP contribution in [0.3, 0.4) is 0 Å². The lowest BCUT2D eigenvalue weighted by Crippen LogP contribution is -2.18. The molecule has 0 fully saturated rings. The molecule has 0 saturated carbocycles. The Labute approximate surface area is 118 Å². The van der Waals surface area contributed by atoms with E-state index < -0.39 is 11.3 Å². The van der Waals surface area contributed by atoms with Gasteiger partial charge in [0, 0.05) is 11.4 Å². The molecule has 0 aliphatic heterocycles. The molecule has 4 N–H and O–H groups in total. The van der Waals surface area contributed by atoms with Crippen molar-refractivity contribution < 1.29 is 10.00 Å². The number of aliphatic hydroxyl groups is 1. The van der Waals surface area contributed by atoms with Crippen molar-refractivity contribution in [3.05, 3.63) is 29.3 Å². The summed E-state index contributed by atoms with van der Waals surface area (Å²) in [6, 6.07) is 6.09. The van der Waals surface area contributed by atoms with Gasteiger partial charge in [-0.25, -0.2) is 0 Å². The zero-order valence-electron chi connectivity index (χ0n) is 10.8. The minimum absolute atomic E-state index is 0.0103. The Balaban J connectivity index is 3.10. The number of hydrogen-bond donors (Lipinski definition) is 3. The second kappa shape index (κ2) is 6.51. The van der Waals surface area contributed by atoms with Gasteiger partial charge in [-0.3, -0.25) is 0 Å². The van der Waals surface area contributed by atoms with Gasteiger partial charge in [0.2, 0.25) is 0 Å². The van der Waals surface area contributed by atoms with Crippen molar-refractivity contribution in [2.45, 2.75) is 37.4 Å². The fourth-order valence-electron chi connectivity index (χ4n) is 1.53. The fraction of sp³-hybridized carbons (Fsp3) is 0.500. The highest BCUT2D eigenvalue weighted by atomic mass is 32.9. The van der Waals surface area contributed by atoms with Crippen molar-refractivity contribution in [1.82, 2.24) is 0 Å². The van der Waals surface area contributed by atoms with Crippen molar-refractivity contribution >= 4 is 28.7 Å². The third-order valence-electron chi connectivity index (χ3n) is 2.61. The lowest BCUT2D eigenvalue weighted by Gasteiger charge is -2.22. The monoisotopic (exact) mass is 305 g/mol. The maximum Gasteiger partial charge on any atom is 0.150 e. The number of rotatable bonds is 5. The van der Waals surface area contributed by atoms with Crippen molar-refractivity contribution in [3.8, 4) is 0 Å². The Morgan fingerprint density at radius 1 is 1.44 bits per heavy atom. The molecule has 0 spiro atoms. The van der Waals surface area contributed by atoms with E-state index in [1.165, 1.54) is 11.4 Å². The molecule has 0 heterocycles. The molecule has 0 bridgehead atoms. The van der Waals surface area contributed by atoms with Gasteiger partial charge in [0.1, 0.15) is 5.85 Å². The van der Waals surface area contributed by atoms with E-state index in [0.29, 0.717) is 5.92 Å². The summed E-state index contributed by atoms with van der Waals surface area (Å²) in [4.78, 5) is 11.1. The third-order valence-corrected chi connectivity index (χ3v) is 7.89. The highest BCUT2D eigenvalue weighted by Crippen LogP contribution is 2.62. The highest BCUT2D eigenvalue weighted by molar-refractivity contribution is 8.69. The number of aryl methyl sites for hydroxylation is 1. The molecular formula is C12H20NO2PS2. The van der Waals surface area contributed by atoms with E-state index in [9.17, 15) is 10.00 Å². The summed E-state index contributed by atoms with van der Waals surface area (Å²) in [5.74, 6) is -0.670. The number of hydrogen-bond acceptors (Lipinski definition) is 4. The van der Waals surface area contributed by atoms with Crippen LogP contribution in [0.5, 0.6) is 0 Å². The summed E-state index contributed by atoms with van der Waals surface area (Å²) in [6.45, 7) is 6.17. The van der Waals surface area contributed by atoms with E-state index >= 15 is 0 Å². The number of aliphatic hydroxyl groups excluding tert-OH is 1. The van der Waals surface area contributed by atoms with Gasteiger partial charge in [0.15, 0.2) is 5.47 Å². The molecule has 6 heteroatoms. The van der Waals surface area contributed by atoms with Gasteiger partial charge < -0.3 is 15.7 Å². The van der Waals surface area contributed by atoms with Gasteiger partial charge in [-0.1, -0.05) is 49.2 Å². The molecule has 0 aromatic heterocycles. The van der Waals surface area contributed by atoms with Crippen LogP contribution in [0.4, 0.5) is 0 Å². The van der Waals surface area contributed by atoms with Crippen molar-refractivity contribution in [3.63, 3.8) is 0 Å². The standard InChI is InChI=1S/C12H20NO2PS2/c1-8(2)10-5-4-9(3)6-11(10)18-16(15,17)12(14)7-13/h4-6,8,12,14H,7,13H2,1-3H3,(H,15,17). The predicted octanol–water partition coefficient (Wildman–Crippen LogP) is 2.79. The van der Waals surface area contributed by atoms with Gasteiger partial charge in [0.25, 0.3) is 0 Å². The number of nitrogens with two attached hydrogens (primary N) is 1. The average Bonchev–Trinajstić information content (AvgIpc) is 2.26. The first kappa shape index (κ1) is 16.2. The molecule has 0 aliphatic carbocycles. The first-order valence-electron chi connectivity index (χ1n) is 5.78. The predicted molar refractivity (Wildman–Crippen MR) is 82.7 cm³/mol. The molecule has 0 radical (unpaired) electrons. The van der Waals surface area contributed by atoms with Crippen LogP contribution in [-0.2, 0) is 11.8 Å². The lowest BCUT2D eigenvalue weighted by molar-refractivity contribution is 0.256. The minimum atomic E-state index is -2.91. The van der Waals surface area contributed by atoms with Crippen LogP contribution in [0.1, 0.15) is 30.9 Å². The van der Waals surface area contributed by atoms with Gasteiger partial charge >= 0.3 is 0 Å². The Morgan fingerprint density at radius 3 is 2.56 bits per heavy atom. The molecule has 2 unspecified atom stereocenters. The third kappa shape index (κ3) is 4.05. The maximum absolute atomic E-state index is 10.2. The van der Waals surface area contributed by atoms with Gasteiger partial charge in [-0.05, 0) is 30.0 Å². The molecule has 1 aromatic carbocycles. The summed E-state index contributed by atoms with van der Waals surface area (Å²) in [5, 5.41) is 9.70. The molecule has 0 saturated heterocycles. The summed E-state index contributed by atoms with van der Waals surface area (Å²) < 4.78 is 0. The van der Waals surface area contributed by atoms with Gasteiger partial charge in [0.05, 0.1) is 0 Å². The molecule has 1 rings (SSSR count). The normalized spacial score (nSPS) is 16.6. The average molecular weight is 305 g/mol. The van der Waals surface area contributed by atoms with E-state index in [1.54, 1.807) is 0 Å². The van der Waals surface area contributed by atoms with Crippen molar-refractivity contribution in [1.29, 1.82) is 0 Å². The molecule has 102 valence electrons. The highest BCUT2D eigenvalue weighted by Gasteiger charge is 2.25. The van der Waals surface area contributed by atoms with Gasteiger partial charge in [-0.15, -0.1) is 0 Å². The van der Waals surface area contributed by atoms with Gasteiger partial charge in [-0.2, -0.15) is 0 Å². The Hall–Kier alpha value is 0.1000. The van der Waals surface area contributed by atoms with Crippen LogP contribution in [-0.4, -0.2) is 22.4 Å². The van der Waals surface area contributed by atoms with Crippen LogP contribution in [0, 0.1) is 6.92 Å². The summed E-state index contributed by atoms with van der Waals surface area (Å²) in [6.07, 6.45) is 0. The van der Waals surface area contributed by atoms with Crippen LogP contribution in [0.15, 0.2) is 23.1 Å². The summed E-state index contributed by atoms with van der Waals surface area (Å²) >= 11 is 6.34. The van der Waals surface area contributed by atoms with Crippen molar-refractivity contribution in [2.75, 3.05) is 6.54 Å². The Bertz CT molecular complexity index is 465. The SMILES string of the molecule is Cc1ccc(C(C)C)c(SP(O)(=S)C(O)CN)c1. The van der Waals surface area contributed by atoms with Crippen LogP contribution >= 0.6 is 16.8 Å². The smallest absolute Gasteiger partial charge is 0.150 e. The second-order valence-electron chi connectivity index (χ2n) is 4.57. The van der Waals surface area contributed by atoms with Crippen LogP contribution in [0.25, 0.3) is 0 Å². The molecule has 0 aliphatic rings. The van der Waals surface area contributed by atoms with E-state index in [4.69, 9.17) is 17.5 Å². The van der Waals surface area contributed by atoms with Crippen LogP contribution < -0.4 is 5.73 Å². The fourth-order valence-corrected chi connectivity index (χ4v) is 5.77. The Morgan fingerprint density at radius 2 is 2.06 bits per heavy atom. The Kier molecular flexibility index (Phi) is 5.84. The molecule has 1 aromatic rings.